The topological polar surface area (TPSA) is 97.0 Å². The van der Waals surface area contributed by atoms with Gasteiger partial charge in [0.25, 0.3) is 5.91 Å². The van der Waals surface area contributed by atoms with Crippen molar-refractivity contribution >= 4 is 29.2 Å². The molecule has 0 spiro atoms. The Bertz CT molecular complexity index is 799. The van der Waals surface area contributed by atoms with E-state index in [1.54, 1.807) is 13.0 Å². The normalized spacial score (nSPS) is 18.9. The van der Waals surface area contributed by atoms with Gasteiger partial charge in [-0.1, -0.05) is 6.92 Å². The van der Waals surface area contributed by atoms with Crippen LogP contribution in [0.1, 0.15) is 62.7 Å². The van der Waals surface area contributed by atoms with Crippen LogP contribution >= 0.6 is 0 Å². The number of carbonyl (C=O) groups excluding carboxylic acids is 3. The Morgan fingerprint density at radius 1 is 1.16 bits per heavy atom. The van der Waals surface area contributed by atoms with Gasteiger partial charge in [-0.25, -0.2) is 0 Å². The lowest BCUT2D eigenvalue weighted by Gasteiger charge is -2.33. The van der Waals surface area contributed by atoms with E-state index in [-0.39, 0.29) is 30.8 Å². The van der Waals surface area contributed by atoms with Gasteiger partial charge in [-0.05, 0) is 56.7 Å². The molecule has 0 saturated carbocycles. The van der Waals surface area contributed by atoms with Crippen LogP contribution in [0.2, 0.25) is 0 Å². The first-order valence-electron chi connectivity index (χ1n) is 11.7. The molecule has 8 heteroatoms. The van der Waals surface area contributed by atoms with Gasteiger partial charge in [0.05, 0.1) is 24.7 Å². The van der Waals surface area contributed by atoms with Crippen molar-refractivity contribution in [3.8, 4) is 0 Å². The van der Waals surface area contributed by atoms with Crippen molar-refractivity contribution in [3.63, 3.8) is 0 Å². The minimum atomic E-state index is -0.397. The molecular weight excluding hydrogens is 410 g/mol. The zero-order valence-electron chi connectivity index (χ0n) is 19.2. The second-order valence-electron chi connectivity index (χ2n) is 8.60. The number of anilines is 2. The SMILES string of the molecule is CCOC(=O)CCC(=O)Nc1ccc(N2CCC(C)CC2)c(C(=O)NCC2CCCO2)c1. The summed E-state index contributed by atoms with van der Waals surface area (Å²) >= 11 is 0. The fourth-order valence-electron chi connectivity index (χ4n) is 4.10. The number of carbonyl (C=O) groups is 3. The molecule has 2 heterocycles. The number of rotatable bonds is 9. The van der Waals surface area contributed by atoms with E-state index in [1.165, 1.54) is 0 Å². The van der Waals surface area contributed by atoms with E-state index in [4.69, 9.17) is 9.47 Å². The zero-order valence-corrected chi connectivity index (χ0v) is 19.2. The lowest BCUT2D eigenvalue weighted by Crippen LogP contribution is -2.36. The molecule has 1 aromatic rings. The Labute approximate surface area is 190 Å². The fourth-order valence-corrected chi connectivity index (χ4v) is 4.10. The predicted molar refractivity (Wildman–Crippen MR) is 123 cm³/mol. The number of nitrogens with one attached hydrogen (secondary N) is 2. The summed E-state index contributed by atoms with van der Waals surface area (Å²) in [4.78, 5) is 39.1. The highest BCUT2D eigenvalue weighted by Crippen LogP contribution is 2.29. The molecule has 2 N–H and O–H groups in total. The quantitative estimate of drug-likeness (QED) is 0.567. The molecule has 2 aliphatic rings. The summed E-state index contributed by atoms with van der Waals surface area (Å²) in [5.41, 5.74) is 1.96. The lowest BCUT2D eigenvalue weighted by atomic mass is 9.97. The van der Waals surface area contributed by atoms with Gasteiger partial charge in [0.15, 0.2) is 0 Å². The molecule has 1 aromatic carbocycles. The zero-order chi connectivity index (χ0) is 22.9. The third-order valence-corrected chi connectivity index (χ3v) is 6.03. The molecule has 0 aromatic heterocycles. The number of benzene rings is 1. The van der Waals surface area contributed by atoms with Gasteiger partial charge in [-0.3, -0.25) is 14.4 Å². The number of ether oxygens (including phenoxy) is 2. The summed E-state index contributed by atoms with van der Waals surface area (Å²) in [5, 5.41) is 5.80. The molecule has 0 radical (unpaired) electrons. The van der Waals surface area contributed by atoms with Crippen LogP contribution in [-0.4, -0.2) is 56.7 Å². The van der Waals surface area contributed by atoms with Crippen LogP contribution in [0.4, 0.5) is 11.4 Å². The van der Waals surface area contributed by atoms with Crippen LogP contribution in [0.3, 0.4) is 0 Å². The number of piperidine rings is 1. The van der Waals surface area contributed by atoms with Gasteiger partial charge in [-0.2, -0.15) is 0 Å². The van der Waals surface area contributed by atoms with Gasteiger partial charge >= 0.3 is 5.97 Å². The second-order valence-corrected chi connectivity index (χ2v) is 8.60. The third kappa shape index (κ3) is 6.95. The van der Waals surface area contributed by atoms with Crippen LogP contribution in [0.25, 0.3) is 0 Å². The molecule has 32 heavy (non-hydrogen) atoms. The molecule has 8 nitrogen and oxygen atoms in total. The van der Waals surface area contributed by atoms with Crippen molar-refractivity contribution in [2.24, 2.45) is 5.92 Å². The molecule has 2 amide bonds. The maximum absolute atomic E-state index is 13.1. The summed E-state index contributed by atoms with van der Waals surface area (Å²) in [5.74, 6) is -0.174. The Morgan fingerprint density at radius 3 is 2.62 bits per heavy atom. The smallest absolute Gasteiger partial charge is 0.306 e. The van der Waals surface area contributed by atoms with Crippen LogP contribution in [-0.2, 0) is 19.1 Å². The Morgan fingerprint density at radius 2 is 1.94 bits per heavy atom. The number of hydrogen-bond donors (Lipinski definition) is 2. The van der Waals surface area contributed by atoms with Gasteiger partial charge < -0.3 is 25.0 Å². The van der Waals surface area contributed by atoms with E-state index in [1.807, 2.05) is 12.1 Å². The van der Waals surface area contributed by atoms with Crippen LogP contribution in [0, 0.1) is 5.92 Å². The molecule has 2 saturated heterocycles. The highest BCUT2D eigenvalue weighted by molar-refractivity contribution is 6.02. The van der Waals surface area contributed by atoms with Crippen molar-refractivity contribution < 1.29 is 23.9 Å². The summed E-state index contributed by atoms with van der Waals surface area (Å²) < 4.78 is 10.5. The monoisotopic (exact) mass is 445 g/mol. The first-order chi connectivity index (χ1) is 15.5. The first-order valence-corrected chi connectivity index (χ1v) is 11.7. The summed E-state index contributed by atoms with van der Waals surface area (Å²) in [6.45, 7) is 7.30. The summed E-state index contributed by atoms with van der Waals surface area (Å²) in [6.07, 6.45) is 4.26. The summed E-state index contributed by atoms with van der Waals surface area (Å²) in [7, 11) is 0. The van der Waals surface area contributed by atoms with Crippen molar-refractivity contribution in [3.05, 3.63) is 23.8 Å². The van der Waals surface area contributed by atoms with Gasteiger partial charge in [0, 0.05) is 44.0 Å². The van der Waals surface area contributed by atoms with E-state index in [0.29, 0.717) is 30.3 Å². The molecule has 2 fully saturated rings. The highest BCUT2D eigenvalue weighted by Gasteiger charge is 2.23. The average molecular weight is 446 g/mol. The molecular formula is C24H35N3O5. The van der Waals surface area contributed by atoms with Crippen molar-refractivity contribution in [1.29, 1.82) is 0 Å². The van der Waals surface area contributed by atoms with Crippen LogP contribution in [0.5, 0.6) is 0 Å². The van der Waals surface area contributed by atoms with Crippen molar-refractivity contribution in [2.45, 2.75) is 58.5 Å². The van der Waals surface area contributed by atoms with Gasteiger partial charge in [0.1, 0.15) is 0 Å². The average Bonchev–Trinajstić information content (AvgIpc) is 3.31. The molecule has 3 rings (SSSR count). The fraction of sp³-hybridized carbons (Fsp3) is 0.625. The largest absolute Gasteiger partial charge is 0.466 e. The van der Waals surface area contributed by atoms with Crippen LogP contribution in [0.15, 0.2) is 18.2 Å². The lowest BCUT2D eigenvalue weighted by molar-refractivity contribution is -0.144. The molecule has 0 aliphatic carbocycles. The van der Waals surface area contributed by atoms with Crippen LogP contribution < -0.4 is 15.5 Å². The summed E-state index contributed by atoms with van der Waals surface area (Å²) in [6, 6.07) is 5.44. The van der Waals surface area contributed by atoms with Gasteiger partial charge in [-0.15, -0.1) is 0 Å². The van der Waals surface area contributed by atoms with E-state index in [2.05, 4.69) is 22.5 Å². The Balaban J connectivity index is 1.70. The predicted octanol–water partition coefficient (Wildman–Crippen LogP) is 3.11. The van der Waals surface area contributed by atoms with Crippen molar-refractivity contribution in [1.82, 2.24) is 5.32 Å². The molecule has 2 aliphatic heterocycles. The molecule has 176 valence electrons. The number of amides is 2. The number of hydrogen-bond acceptors (Lipinski definition) is 6. The third-order valence-electron chi connectivity index (χ3n) is 6.03. The first kappa shape index (κ1) is 24.0. The van der Waals surface area contributed by atoms with Crippen molar-refractivity contribution in [2.75, 3.05) is 43.1 Å². The van der Waals surface area contributed by atoms with E-state index < -0.39 is 5.97 Å². The Hall–Kier alpha value is -2.61. The Kier molecular flexibility index (Phi) is 8.90. The molecule has 1 atom stereocenters. The minimum Gasteiger partial charge on any atom is -0.466 e. The van der Waals surface area contributed by atoms with E-state index >= 15 is 0 Å². The molecule has 1 unspecified atom stereocenters. The highest BCUT2D eigenvalue weighted by atomic mass is 16.5. The minimum absolute atomic E-state index is 0.0262. The number of esters is 1. The molecule has 0 bridgehead atoms. The van der Waals surface area contributed by atoms with E-state index in [0.717, 1.165) is 51.1 Å². The number of nitrogens with zero attached hydrogens (tertiary/aromatic N) is 1. The second kappa shape index (κ2) is 11.9. The maximum atomic E-state index is 13.1. The van der Waals surface area contributed by atoms with E-state index in [9.17, 15) is 14.4 Å². The maximum Gasteiger partial charge on any atom is 0.306 e. The van der Waals surface area contributed by atoms with Gasteiger partial charge in [0.2, 0.25) is 5.91 Å². The standard InChI is InChI=1S/C24H35N3O5/c1-3-31-23(29)9-8-22(28)26-18-6-7-21(27-12-10-17(2)11-13-27)20(15-18)24(30)25-16-19-5-4-14-32-19/h6-7,15,17,19H,3-5,8-14,16H2,1-2H3,(H,25,30)(H,26,28).